The smallest absolute Gasteiger partial charge is 0.289 e. The Morgan fingerprint density at radius 2 is 2.17 bits per heavy atom. The van der Waals surface area contributed by atoms with Gasteiger partial charge < -0.3 is 14.4 Å². The zero-order valence-electron chi connectivity index (χ0n) is 13.7. The van der Waals surface area contributed by atoms with Gasteiger partial charge in [0.1, 0.15) is 5.76 Å². The Labute approximate surface area is 136 Å². The van der Waals surface area contributed by atoms with Crippen molar-refractivity contribution >= 4 is 5.91 Å². The van der Waals surface area contributed by atoms with Crippen molar-refractivity contribution in [2.45, 2.75) is 38.6 Å². The first kappa shape index (κ1) is 15.8. The third-order valence-corrected chi connectivity index (χ3v) is 4.50. The van der Waals surface area contributed by atoms with Crippen molar-refractivity contribution in [3.63, 3.8) is 0 Å². The molecule has 0 saturated carbocycles. The molecule has 2 heterocycles. The number of benzene rings is 1. The second-order valence-corrected chi connectivity index (χ2v) is 6.42. The third-order valence-electron chi connectivity index (χ3n) is 4.50. The van der Waals surface area contributed by atoms with Crippen LogP contribution in [0.4, 0.5) is 0 Å². The Morgan fingerprint density at radius 1 is 1.35 bits per heavy atom. The summed E-state index contributed by atoms with van der Waals surface area (Å²) in [4.78, 5) is 14.3. The first-order valence-corrected chi connectivity index (χ1v) is 8.22. The highest BCUT2D eigenvalue weighted by Crippen LogP contribution is 2.27. The van der Waals surface area contributed by atoms with Crippen LogP contribution in [0.5, 0.6) is 0 Å². The highest BCUT2D eigenvalue weighted by molar-refractivity contribution is 5.92. The Morgan fingerprint density at radius 3 is 2.91 bits per heavy atom. The van der Waals surface area contributed by atoms with E-state index in [1.54, 1.807) is 11.0 Å². The average molecular weight is 313 g/mol. The second-order valence-electron chi connectivity index (χ2n) is 6.42. The van der Waals surface area contributed by atoms with Crippen LogP contribution in [-0.4, -0.2) is 35.1 Å². The largest absolute Gasteiger partial charge is 0.451 e. The fraction of sp³-hybridized carbons (Fsp3) is 0.421. The molecule has 1 saturated heterocycles. The standard InChI is InChI=1S/C19H23NO3/c1-13(2)14-5-3-6-15(11-14)17-8-9-18(23-17)19(22)20-10-4-7-16(20)12-21/h3,5-6,8-9,11,13,16,21H,4,7,10,12H2,1-2H3/t16-/m1/s1. The summed E-state index contributed by atoms with van der Waals surface area (Å²) in [5.74, 6) is 1.36. The van der Waals surface area contributed by atoms with E-state index in [9.17, 15) is 9.90 Å². The van der Waals surface area contributed by atoms with Crippen LogP contribution in [0.25, 0.3) is 11.3 Å². The van der Waals surface area contributed by atoms with Gasteiger partial charge in [-0.05, 0) is 42.5 Å². The molecule has 1 aromatic carbocycles. The first-order valence-electron chi connectivity index (χ1n) is 8.22. The first-order chi connectivity index (χ1) is 11.1. The van der Waals surface area contributed by atoms with E-state index in [0.717, 1.165) is 18.4 Å². The predicted octanol–water partition coefficient (Wildman–Crippen LogP) is 3.67. The van der Waals surface area contributed by atoms with Crippen molar-refractivity contribution in [1.29, 1.82) is 0 Å². The number of furan rings is 1. The molecule has 0 aliphatic carbocycles. The molecule has 3 rings (SSSR count). The van der Waals surface area contributed by atoms with Gasteiger partial charge in [-0.3, -0.25) is 4.79 Å². The summed E-state index contributed by atoms with van der Waals surface area (Å²) in [7, 11) is 0. The normalized spacial score (nSPS) is 17.9. The lowest BCUT2D eigenvalue weighted by molar-refractivity contribution is 0.0647. The number of likely N-dealkylation sites (tertiary alicyclic amines) is 1. The summed E-state index contributed by atoms with van der Waals surface area (Å²) in [6.45, 7) is 5.00. The lowest BCUT2D eigenvalue weighted by atomic mass is 10.0. The molecule has 1 atom stereocenters. The molecule has 2 aromatic rings. The van der Waals surface area contributed by atoms with Crippen LogP contribution in [0.1, 0.15) is 48.7 Å². The van der Waals surface area contributed by atoms with Gasteiger partial charge in [-0.25, -0.2) is 0 Å². The van der Waals surface area contributed by atoms with Gasteiger partial charge in [-0.1, -0.05) is 32.0 Å². The van der Waals surface area contributed by atoms with Gasteiger partial charge >= 0.3 is 0 Å². The van der Waals surface area contributed by atoms with Crippen LogP contribution < -0.4 is 0 Å². The molecular weight excluding hydrogens is 290 g/mol. The predicted molar refractivity (Wildman–Crippen MR) is 89.4 cm³/mol. The molecular formula is C19H23NO3. The second kappa shape index (κ2) is 6.59. The minimum Gasteiger partial charge on any atom is -0.451 e. The number of carbonyl (C=O) groups excluding carboxylic acids is 1. The van der Waals surface area contributed by atoms with E-state index < -0.39 is 0 Å². The maximum absolute atomic E-state index is 12.6. The average Bonchev–Trinajstić information content (AvgIpc) is 3.23. The van der Waals surface area contributed by atoms with Crippen LogP contribution in [0.15, 0.2) is 40.8 Å². The Kier molecular flexibility index (Phi) is 4.53. The van der Waals surface area contributed by atoms with Gasteiger partial charge in [-0.15, -0.1) is 0 Å². The number of rotatable bonds is 4. The Bertz CT molecular complexity index is 689. The van der Waals surface area contributed by atoms with E-state index in [-0.39, 0.29) is 18.6 Å². The summed E-state index contributed by atoms with van der Waals surface area (Å²) in [5.41, 5.74) is 2.22. The topological polar surface area (TPSA) is 53.7 Å². The van der Waals surface area contributed by atoms with Gasteiger partial charge in [-0.2, -0.15) is 0 Å². The summed E-state index contributed by atoms with van der Waals surface area (Å²) >= 11 is 0. The number of amides is 1. The number of nitrogens with zero attached hydrogens (tertiary/aromatic N) is 1. The fourth-order valence-corrected chi connectivity index (χ4v) is 3.09. The number of hydrogen-bond donors (Lipinski definition) is 1. The molecule has 0 radical (unpaired) electrons. The molecule has 1 fully saturated rings. The molecule has 0 unspecified atom stereocenters. The fourth-order valence-electron chi connectivity index (χ4n) is 3.09. The van der Waals surface area contributed by atoms with Gasteiger partial charge in [0.2, 0.25) is 0 Å². The van der Waals surface area contributed by atoms with Crippen molar-refractivity contribution in [3.8, 4) is 11.3 Å². The van der Waals surface area contributed by atoms with E-state index >= 15 is 0 Å². The van der Waals surface area contributed by atoms with Crippen LogP contribution in [0.2, 0.25) is 0 Å². The number of aliphatic hydroxyl groups is 1. The lowest BCUT2D eigenvalue weighted by Crippen LogP contribution is -2.37. The molecule has 122 valence electrons. The summed E-state index contributed by atoms with van der Waals surface area (Å²) in [6, 6.07) is 11.7. The Hall–Kier alpha value is -2.07. The summed E-state index contributed by atoms with van der Waals surface area (Å²) in [6.07, 6.45) is 1.78. The van der Waals surface area contributed by atoms with Crippen LogP contribution in [0, 0.1) is 0 Å². The lowest BCUT2D eigenvalue weighted by Gasteiger charge is -2.21. The van der Waals surface area contributed by atoms with Gasteiger partial charge in [0.25, 0.3) is 5.91 Å². The molecule has 1 amide bonds. The molecule has 1 N–H and O–H groups in total. The maximum Gasteiger partial charge on any atom is 0.289 e. The van der Waals surface area contributed by atoms with E-state index in [4.69, 9.17) is 4.42 Å². The van der Waals surface area contributed by atoms with E-state index in [1.165, 1.54) is 5.56 Å². The van der Waals surface area contributed by atoms with E-state index in [1.807, 2.05) is 18.2 Å². The van der Waals surface area contributed by atoms with Crippen LogP contribution in [-0.2, 0) is 0 Å². The summed E-state index contributed by atoms with van der Waals surface area (Å²) in [5, 5.41) is 9.37. The molecule has 1 aliphatic heterocycles. The van der Waals surface area contributed by atoms with Crippen molar-refractivity contribution in [3.05, 3.63) is 47.7 Å². The van der Waals surface area contributed by atoms with Crippen molar-refractivity contribution in [2.75, 3.05) is 13.2 Å². The zero-order valence-corrected chi connectivity index (χ0v) is 13.7. The molecule has 1 aromatic heterocycles. The quantitative estimate of drug-likeness (QED) is 0.937. The van der Waals surface area contributed by atoms with Crippen molar-refractivity contribution in [1.82, 2.24) is 4.90 Å². The molecule has 0 bridgehead atoms. The third kappa shape index (κ3) is 3.17. The number of hydrogen-bond acceptors (Lipinski definition) is 3. The molecule has 4 heteroatoms. The number of aliphatic hydroxyl groups excluding tert-OH is 1. The van der Waals surface area contributed by atoms with Gasteiger partial charge in [0, 0.05) is 12.1 Å². The van der Waals surface area contributed by atoms with Crippen LogP contribution in [0.3, 0.4) is 0 Å². The minimum absolute atomic E-state index is 0.00966. The Balaban J connectivity index is 1.83. The van der Waals surface area contributed by atoms with E-state index in [0.29, 0.717) is 24.0 Å². The van der Waals surface area contributed by atoms with Gasteiger partial charge in [0.05, 0.1) is 12.6 Å². The molecule has 4 nitrogen and oxygen atoms in total. The van der Waals surface area contributed by atoms with Crippen molar-refractivity contribution in [2.24, 2.45) is 0 Å². The SMILES string of the molecule is CC(C)c1cccc(-c2ccc(C(=O)N3CCC[C@@H]3CO)o2)c1. The molecule has 1 aliphatic rings. The van der Waals surface area contributed by atoms with E-state index in [2.05, 4.69) is 26.0 Å². The highest BCUT2D eigenvalue weighted by atomic mass is 16.4. The van der Waals surface area contributed by atoms with Crippen molar-refractivity contribution < 1.29 is 14.3 Å². The highest BCUT2D eigenvalue weighted by Gasteiger charge is 2.30. The number of carbonyl (C=O) groups is 1. The van der Waals surface area contributed by atoms with Gasteiger partial charge in [0.15, 0.2) is 5.76 Å². The van der Waals surface area contributed by atoms with Crippen LogP contribution >= 0.6 is 0 Å². The maximum atomic E-state index is 12.6. The zero-order chi connectivity index (χ0) is 16.4. The molecule has 23 heavy (non-hydrogen) atoms. The molecule has 0 spiro atoms. The monoisotopic (exact) mass is 313 g/mol. The minimum atomic E-state index is -0.132. The summed E-state index contributed by atoms with van der Waals surface area (Å²) < 4.78 is 5.80.